The largest absolute Gasteiger partial charge is 0.494 e. The van der Waals surface area contributed by atoms with Crippen LogP contribution in [-0.4, -0.2) is 27.6 Å². The van der Waals surface area contributed by atoms with E-state index >= 15 is 0 Å². The van der Waals surface area contributed by atoms with Gasteiger partial charge in [0.15, 0.2) is 0 Å². The van der Waals surface area contributed by atoms with E-state index in [-0.39, 0.29) is 24.4 Å². The minimum atomic E-state index is -0.725. The zero-order chi connectivity index (χ0) is 12.3. The second-order valence-corrected chi connectivity index (χ2v) is 3.28. The summed E-state index contributed by atoms with van der Waals surface area (Å²) in [5.74, 6) is -0.659. The first-order chi connectivity index (χ1) is 7.47. The molecule has 0 atom stereocenters. The highest BCUT2D eigenvalue weighted by molar-refractivity contribution is 5.75. The van der Waals surface area contributed by atoms with Crippen molar-refractivity contribution >= 4 is 5.91 Å². The minimum Gasteiger partial charge on any atom is -0.494 e. The first kappa shape index (κ1) is 12.0. The van der Waals surface area contributed by atoms with E-state index < -0.39 is 17.1 Å². The molecule has 0 aliphatic carbocycles. The molecule has 88 valence electrons. The summed E-state index contributed by atoms with van der Waals surface area (Å²) in [5, 5.41) is 11.9. The number of rotatable bonds is 3. The number of carbonyl (C=O) groups is 1. The average Bonchev–Trinajstić information content (AvgIpc) is 2.25. The average molecular weight is 227 g/mol. The van der Waals surface area contributed by atoms with Crippen molar-refractivity contribution in [2.24, 2.45) is 0 Å². The van der Waals surface area contributed by atoms with Gasteiger partial charge in [0, 0.05) is 20.0 Å². The molecule has 0 radical (unpaired) electrons. The normalized spacial score (nSPS) is 10.1. The monoisotopic (exact) mass is 227 g/mol. The predicted octanol–water partition coefficient (Wildman–Crippen LogP) is -1.31. The predicted molar refractivity (Wildman–Crippen MR) is 56.4 cm³/mol. The molecule has 0 bridgehead atoms. The number of aromatic hydroxyl groups is 1. The number of nitrogens with one attached hydrogen (secondary N) is 2. The van der Waals surface area contributed by atoms with Crippen molar-refractivity contribution in [2.45, 2.75) is 19.9 Å². The van der Waals surface area contributed by atoms with Crippen molar-refractivity contribution in [3.8, 4) is 5.88 Å². The van der Waals surface area contributed by atoms with Gasteiger partial charge in [-0.15, -0.1) is 0 Å². The Kier molecular flexibility index (Phi) is 3.49. The Morgan fingerprint density at radius 3 is 2.69 bits per heavy atom. The molecule has 0 spiro atoms. The zero-order valence-electron chi connectivity index (χ0n) is 9.03. The van der Waals surface area contributed by atoms with E-state index in [1.165, 1.54) is 14.0 Å². The van der Waals surface area contributed by atoms with E-state index in [0.29, 0.717) is 0 Å². The van der Waals surface area contributed by atoms with Crippen LogP contribution in [0.15, 0.2) is 9.59 Å². The van der Waals surface area contributed by atoms with Gasteiger partial charge in [0.05, 0.1) is 5.56 Å². The second kappa shape index (κ2) is 4.65. The number of hydrogen-bond donors (Lipinski definition) is 3. The summed E-state index contributed by atoms with van der Waals surface area (Å²) in [4.78, 5) is 35.5. The highest BCUT2D eigenvalue weighted by Crippen LogP contribution is 2.07. The van der Waals surface area contributed by atoms with Crippen LogP contribution in [0.5, 0.6) is 5.88 Å². The first-order valence-electron chi connectivity index (χ1n) is 4.70. The standard InChI is InChI=1S/C9H13N3O4/c1-5-7(14)11-9(16)12(8(5)15)4-3-6(13)10-2/h15H,3-4H2,1-2H3,(H,10,13)(H,11,14,16). The summed E-state index contributed by atoms with van der Waals surface area (Å²) in [7, 11) is 1.48. The third-order valence-corrected chi connectivity index (χ3v) is 2.24. The number of amides is 1. The fraction of sp³-hybridized carbons (Fsp3) is 0.444. The van der Waals surface area contributed by atoms with Gasteiger partial charge in [-0.05, 0) is 6.92 Å². The third-order valence-electron chi connectivity index (χ3n) is 2.24. The summed E-state index contributed by atoms with van der Waals surface area (Å²) >= 11 is 0. The lowest BCUT2D eigenvalue weighted by Gasteiger charge is -2.08. The van der Waals surface area contributed by atoms with Crippen LogP contribution >= 0.6 is 0 Å². The number of aromatic amines is 1. The summed E-state index contributed by atoms with van der Waals surface area (Å²) < 4.78 is 0.950. The summed E-state index contributed by atoms with van der Waals surface area (Å²) in [6, 6.07) is 0. The first-order valence-corrected chi connectivity index (χ1v) is 4.70. The van der Waals surface area contributed by atoms with Crippen molar-refractivity contribution in [3.63, 3.8) is 0 Å². The number of H-pyrrole nitrogens is 1. The van der Waals surface area contributed by atoms with Gasteiger partial charge < -0.3 is 10.4 Å². The topological polar surface area (TPSA) is 104 Å². The molecule has 1 amide bonds. The molecule has 1 heterocycles. The van der Waals surface area contributed by atoms with Crippen molar-refractivity contribution in [3.05, 3.63) is 26.4 Å². The van der Waals surface area contributed by atoms with Gasteiger partial charge in [0.25, 0.3) is 5.56 Å². The highest BCUT2D eigenvalue weighted by Gasteiger charge is 2.10. The fourth-order valence-corrected chi connectivity index (χ4v) is 1.20. The maximum atomic E-state index is 11.3. The minimum absolute atomic E-state index is 0.0158. The number of carbonyl (C=O) groups excluding carboxylic acids is 1. The Labute approximate surface area is 90.7 Å². The van der Waals surface area contributed by atoms with Crippen LogP contribution in [0, 0.1) is 6.92 Å². The van der Waals surface area contributed by atoms with Gasteiger partial charge in [0.2, 0.25) is 11.8 Å². The van der Waals surface area contributed by atoms with Gasteiger partial charge in [-0.25, -0.2) is 4.79 Å². The molecule has 0 saturated carbocycles. The lowest BCUT2D eigenvalue weighted by atomic mass is 10.3. The van der Waals surface area contributed by atoms with Gasteiger partial charge in [-0.3, -0.25) is 19.1 Å². The maximum Gasteiger partial charge on any atom is 0.331 e. The van der Waals surface area contributed by atoms with Crippen molar-refractivity contribution < 1.29 is 9.90 Å². The van der Waals surface area contributed by atoms with Gasteiger partial charge >= 0.3 is 5.69 Å². The molecule has 0 aliphatic heterocycles. The quantitative estimate of drug-likeness (QED) is 0.596. The molecule has 1 aromatic rings. The van der Waals surface area contributed by atoms with Crippen LogP contribution in [0.1, 0.15) is 12.0 Å². The molecule has 1 rings (SSSR count). The molecule has 3 N–H and O–H groups in total. The zero-order valence-corrected chi connectivity index (χ0v) is 9.03. The molecule has 7 heteroatoms. The van der Waals surface area contributed by atoms with E-state index in [0.717, 1.165) is 4.57 Å². The SMILES string of the molecule is CNC(=O)CCn1c(O)c(C)c(=O)[nH]c1=O. The van der Waals surface area contributed by atoms with Crippen molar-refractivity contribution in [1.82, 2.24) is 14.9 Å². The highest BCUT2D eigenvalue weighted by atomic mass is 16.3. The molecule has 0 aliphatic rings. The number of hydrogen-bond acceptors (Lipinski definition) is 4. The molecule has 0 saturated heterocycles. The second-order valence-electron chi connectivity index (χ2n) is 3.28. The molecule has 0 fully saturated rings. The van der Waals surface area contributed by atoms with Crippen molar-refractivity contribution in [2.75, 3.05) is 7.05 Å². The molecular formula is C9H13N3O4. The lowest BCUT2D eigenvalue weighted by molar-refractivity contribution is -0.120. The van der Waals surface area contributed by atoms with Crippen molar-refractivity contribution in [1.29, 1.82) is 0 Å². The molecule has 7 nitrogen and oxygen atoms in total. The molecule has 0 aromatic carbocycles. The Morgan fingerprint density at radius 2 is 2.12 bits per heavy atom. The van der Waals surface area contributed by atoms with Crippen LogP contribution in [0.25, 0.3) is 0 Å². The van der Waals surface area contributed by atoms with Gasteiger partial charge in [-0.2, -0.15) is 0 Å². The summed E-state index contributed by atoms with van der Waals surface area (Å²) in [6.45, 7) is 1.41. The Balaban J connectivity index is 3.06. The van der Waals surface area contributed by atoms with E-state index in [2.05, 4.69) is 5.32 Å². The smallest absolute Gasteiger partial charge is 0.331 e. The summed E-state index contributed by atoms with van der Waals surface area (Å²) in [5.41, 5.74) is -1.30. The third kappa shape index (κ3) is 2.30. The van der Waals surface area contributed by atoms with E-state index in [4.69, 9.17) is 0 Å². The van der Waals surface area contributed by atoms with Crippen LogP contribution in [0.3, 0.4) is 0 Å². The Hall–Kier alpha value is -2.05. The molecule has 0 unspecified atom stereocenters. The molecular weight excluding hydrogens is 214 g/mol. The van der Waals surface area contributed by atoms with Crippen LogP contribution in [0.2, 0.25) is 0 Å². The van der Waals surface area contributed by atoms with Gasteiger partial charge in [-0.1, -0.05) is 0 Å². The summed E-state index contributed by atoms with van der Waals surface area (Å²) in [6.07, 6.45) is 0.0510. The number of nitrogens with zero attached hydrogens (tertiary/aromatic N) is 1. The van der Waals surface area contributed by atoms with E-state index in [1.807, 2.05) is 4.98 Å². The fourth-order valence-electron chi connectivity index (χ4n) is 1.20. The maximum absolute atomic E-state index is 11.3. The van der Waals surface area contributed by atoms with E-state index in [1.54, 1.807) is 0 Å². The van der Waals surface area contributed by atoms with Crippen LogP contribution in [-0.2, 0) is 11.3 Å². The molecule has 1 aromatic heterocycles. The lowest BCUT2D eigenvalue weighted by Crippen LogP contribution is -2.32. The number of aromatic nitrogens is 2. The van der Waals surface area contributed by atoms with Gasteiger partial charge in [0.1, 0.15) is 0 Å². The van der Waals surface area contributed by atoms with Crippen LogP contribution in [0.4, 0.5) is 0 Å². The van der Waals surface area contributed by atoms with E-state index in [9.17, 15) is 19.5 Å². The van der Waals surface area contributed by atoms with Crippen LogP contribution < -0.4 is 16.6 Å². The Bertz CT molecular complexity index is 514. The Morgan fingerprint density at radius 1 is 1.50 bits per heavy atom. The molecule has 16 heavy (non-hydrogen) atoms.